The number of nitrogens with zero attached hydrogens (tertiary/aromatic N) is 1. The minimum Gasteiger partial charge on any atom is -0.277 e. The monoisotopic (exact) mass is 213 g/mol. The van der Waals surface area contributed by atoms with Gasteiger partial charge in [-0.2, -0.15) is 0 Å². The van der Waals surface area contributed by atoms with E-state index >= 15 is 0 Å². The summed E-state index contributed by atoms with van der Waals surface area (Å²) in [5, 5.41) is 1.25. The van der Waals surface area contributed by atoms with E-state index in [1.165, 1.54) is 10.9 Å². The molecule has 0 spiro atoms. The fraction of sp³-hybridized carbons (Fsp3) is 0.231. The summed E-state index contributed by atoms with van der Waals surface area (Å²) in [5.41, 5.74) is 4.57. The van der Waals surface area contributed by atoms with Gasteiger partial charge in [0.15, 0.2) is 0 Å². The maximum atomic E-state index is 3.37. The van der Waals surface area contributed by atoms with Crippen LogP contribution in [0.5, 0.6) is 0 Å². The van der Waals surface area contributed by atoms with Crippen molar-refractivity contribution in [3.63, 3.8) is 0 Å². The fourth-order valence-corrected chi connectivity index (χ4v) is 1.86. The summed E-state index contributed by atoms with van der Waals surface area (Å²) in [4.78, 5) is 0. The van der Waals surface area contributed by atoms with Crippen molar-refractivity contribution in [1.29, 1.82) is 0 Å². The van der Waals surface area contributed by atoms with E-state index in [0.717, 1.165) is 0 Å². The molecule has 0 amide bonds. The summed E-state index contributed by atoms with van der Waals surface area (Å²) in [7, 11) is -1.28. The van der Waals surface area contributed by atoms with Crippen LogP contribution in [0.3, 0.4) is 0 Å². The molecule has 0 unspecified atom stereocenters. The van der Waals surface area contributed by atoms with Crippen LogP contribution in [-0.4, -0.2) is 12.6 Å². The van der Waals surface area contributed by atoms with E-state index in [1.807, 2.05) is 10.8 Å². The van der Waals surface area contributed by atoms with Crippen molar-refractivity contribution in [2.45, 2.75) is 19.6 Å². The second-order valence-electron chi connectivity index (χ2n) is 4.73. The first-order valence-electron chi connectivity index (χ1n) is 5.15. The fourth-order valence-electron chi connectivity index (χ4n) is 1.41. The first-order valence-corrected chi connectivity index (χ1v) is 8.65. The van der Waals surface area contributed by atoms with E-state index in [1.54, 1.807) is 0 Å². The maximum absolute atomic E-state index is 3.37. The van der Waals surface area contributed by atoms with E-state index < -0.39 is 8.07 Å². The van der Waals surface area contributed by atoms with Gasteiger partial charge in [0.25, 0.3) is 0 Å². The van der Waals surface area contributed by atoms with Crippen molar-refractivity contribution in [2.24, 2.45) is 0 Å². The van der Waals surface area contributed by atoms with Gasteiger partial charge in [-0.3, -0.25) is 4.57 Å². The topological polar surface area (TPSA) is 4.93 Å². The molecule has 0 aliphatic heterocycles. The molecule has 2 rings (SSSR count). The van der Waals surface area contributed by atoms with E-state index in [9.17, 15) is 0 Å². The van der Waals surface area contributed by atoms with Gasteiger partial charge in [0.2, 0.25) is 0 Å². The van der Waals surface area contributed by atoms with Crippen molar-refractivity contribution in [2.75, 3.05) is 0 Å². The molecule has 1 heterocycles. The van der Waals surface area contributed by atoms with Gasteiger partial charge in [0.1, 0.15) is 8.07 Å². The number of aromatic nitrogens is 1. The van der Waals surface area contributed by atoms with Gasteiger partial charge in [0, 0.05) is 17.6 Å². The predicted molar refractivity (Wildman–Crippen MR) is 68.5 cm³/mol. The molecular formula is C13H15NSi. The molecule has 2 aromatic rings. The Labute approximate surface area is 91.7 Å². The Hall–Kier alpha value is -1.46. The number of hydrogen-bond donors (Lipinski definition) is 0. The van der Waals surface area contributed by atoms with Crippen LogP contribution in [0, 0.1) is 11.6 Å². The molecule has 0 N–H and O–H groups in total. The third-order valence-electron chi connectivity index (χ3n) is 2.15. The average molecular weight is 213 g/mol. The standard InChI is InChI=1S/C13H15NSi/c1-15(2,3)11-10-14-9-8-12-6-4-5-7-13(12)14/h4-9H,1-3H3. The molecule has 76 valence electrons. The molecule has 1 aromatic heterocycles. The quantitative estimate of drug-likeness (QED) is 0.467. The van der Waals surface area contributed by atoms with Crippen LogP contribution in [0.1, 0.15) is 0 Å². The van der Waals surface area contributed by atoms with E-state index in [-0.39, 0.29) is 0 Å². The Morgan fingerprint density at radius 1 is 1.07 bits per heavy atom. The number of rotatable bonds is 0. The SMILES string of the molecule is C[Si](C)(C)C#Cn1ccc2ccccc21. The van der Waals surface area contributed by atoms with Gasteiger partial charge in [-0.1, -0.05) is 37.8 Å². The van der Waals surface area contributed by atoms with E-state index in [0.29, 0.717) is 0 Å². The highest BCUT2D eigenvalue weighted by atomic mass is 28.3. The molecule has 0 fully saturated rings. The molecule has 2 heteroatoms. The highest BCUT2D eigenvalue weighted by Crippen LogP contribution is 2.13. The van der Waals surface area contributed by atoms with Crippen molar-refractivity contribution in [3.05, 3.63) is 36.5 Å². The first kappa shape index (κ1) is 10.1. The Balaban J connectivity index is 2.48. The number of benzene rings is 1. The van der Waals surface area contributed by atoms with Crippen molar-refractivity contribution in [1.82, 2.24) is 4.57 Å². The highest BCUT2D eigenvalue weighted by molar-refractivity contribution is 6.83. The van der Waals surface area contributed by atoms with Crippen molar-refractivity contribution < 1.29 is 0 Å². The molecule has 0 aliphatic carbocycles. The zero-order chi connectivity index (χ0) is 10.9. The molecule has 0 radical (unpaired) electrons. The lowest BCUT2D eigenvalue weighted by Crippen LogP contribution is -2.16. The van der Waals surface area contributed by atoms with Gasteiger partial charge >= 0.3 is 0 Å². The van der Waals surface area contributed by atoms with Crippen LogP contribution in [0.25, 0.3) is 10.9 Å². The highest BCUT2D eigenvalue weighted by Gasteiger charge is 2.07. The molecule has 0 saturated carbocycles. The zero-order valence-electron chi connectivity index (χ0n) is 9.41. The normalized spacial score (nSPS) is 11.1. The molecule has 0 aliphatic rings. The summed E-state index contributed by atoms with van der Waals surface area (Å²) in [6, 6.07) is 13.7. The summed E-state index contributed by atoms with van der Waals surface area (Å²) >= 11 is 0. The second kappa shape index (κ2) is 3.60. The zero-order valence-corrected chi connectivity index (χ0v) is 10.4. The minimum atomic E-state index is -1.28. The predicted octanol–water partition coefficient (Wildman–Crippen LogP) is 3.33. The molecule has 0 bridgehead atoms. The van der Waals surface area contributed by atoms with E-state index in [4.69, 9.17) is 0 Å². The van der Waals surface area contributed by atoms with Gasteiger partial charge in [0.05, 0.1) is 5.52 Å². The number of hydrogen-bond acceptors (Lipinski definition) is 0. The Kier molecular flexibility index (Phi) is 2.41. The van der Waals surface area contributed by atoms with Gasteiger partial charge in [-0.25, -0.2) is 0 Å². The van der Waals surface area contributed by atoms with Crippen LogP contribution in [0.15, 0.2) is 36.5 Å². The third kappa shape index (κ3) is 2.31. The Bertz CT molecular complexity index is 535. The molecule has 0 atom stereocenters. The summed E-state index contributed by atoms with van der Waals surface area (Å²) in [6.07, 6.45) is 2.04. The first-order chi connectivity index (χ1) is 7.06. The lowest BCUT2D eigenvalue weighted by Gasteiger charge is -2.03. The van der Waals surface area contributed by atoms with Gasteiger partial charge in [-0.05, 0) is 12.1 Å². The van der Waals surface area contributed by atoms with Crippen LogP contribution in [0.4, 0.5) is 0 Å². The van der Waals surface area contributed by atoms with Gasteiger partial charge in [-0.15, -0.1) is 5.54 Å². The molecule has 15 heavy (non-hydrogen) atoms. The summed E-state index contributed by atoms with van der Waals surface area (Å²) < 4.78 is 2.02. The van der Waals surface area contributed by atoms with Crippen molar-refractivity contribution in [3.8, 4) is 11.6 Å². The van der Waals surface area contributed by atoms with E-state index in [2.05, 4.69) is 61.6 Å². The van der Waals surface area contributed by atoms with Gasteiger partial charge < -0.3 is 0 Å². The molecule has 1 aromatic carbocycles. The number of fused-ring (bicyclic) bond motifs is 1. The molecule has 1 nitrogen and oxygen atoms in total. The van der Waals surface area contributed by atoms with Crippen LogP contribution in [0.2, 0.25) is 19.6 Å². The summed E-state index contributed by atoms with van der Waals surface area (Å²) in [5.74, 6) is 0. The Morgan fingerprint density at radius 2 is 1.80 bits per heavy atom. The average Bonchev–Trinajstić information content (AvgIpc) is 2.57. The van der Waals surface area contributed by atoms with Crippen molar-refractivity contribution >= 4 is 19.0 Å². The minimum absolute atomic E-state index is 1.20. The van der Waals surface area contributed by atoms with Crippen LogP contribution in [-0.2, 0) is 0 Å². The van der Waals surface area contributed by atoms with Crippen LogP contribution >= 0.6 is 0 Å². The third-order valence-corrected chi connectivity index (χ3v) is 3.01. The molecule has 0 saturated heterocycles. The Morgan fingerprint density at radius 3 is 2.53 bits per heavy atom. The maximum Gasteiger partial charge on any atom is 0.131 e. The summed E-state index contributed by atoms with van der Waals surface area (Å²) in [6.45, 7) is 6.77. The van der Waals surface area contributed by atoms with Crippen LogP contribution < -0.4 is 0 Å². The second-order valence-corrected chi connectivity index (χ2v) is 9.48. The number of para-hydroxylation sites is 1. The largest absolute Gasteiger partial charge is 0.277 e. The molecular weight excluding hydrogens is 198 g/mol. The lowest BCUT2D eigenvalue weighted by molar-refractivity contribution is 1.20. The smallest absolute Gasteiger partial charge is 0.131 e. The lowest BCUT2D eigenvalue weighted by atomic mass is 10.2.